The monoisotopic (exact) mass is 385 g/mol. The van der Waals surface area contributed by atoms with Crippen molar-refractivity contribution in [2.24, 2.45) is 0 Å². The first-order valence-corrected chi connectivity index (χ1v) is 11.0. The van der Waals surface area contributed by atoms with Crippen molar-refractivity contribution in [3.63, 3.8) is 0 Å². The molecule has 1 amide bonds. The van der Waals surface area contributed by atoms with E-state index in [9.17, 15) is 4.79 Å². The highest BCUT2D eigenvalue weighted by Crippen LogP contribution is 2.39. The van der Waals surface area contributed by atoms with Gasteiger partial charge in [-0.25, -0.2) is 0 Å². The molecule has 1 saturated carbocycles. The van der Waals surface area contributed by atoms with Crippen molar-refractivity contribution < 1.29 is 9.21 Å². The molecule has 1 saturated heterocycles. The zero-order valence-electron chi connectivity index (χ0n) is 15.7. The van der Waals surface area contributed by atoms with E-state index in [4.69, 9.17) is 4.42 Å². The van der Waals surface area contributed by atoms with Gasteiger partial charge in [0, 0.05) is 19.0 Å². The van der Waals surface area contributed by atoms with Crippen LogP contribution in [0.2, 0.25) is 0 Å². The minimum atomic E-state index is -0.330. The summed E-state index contributed by atoms with van der Waals surface area (Å²) in [6.07, 6.45) is 9.40. The topological polar surface area (TPSA) is 59.2 Å². The Bertz CT molecular complexity index is 737. The van der Waals surface area contributed by atoms with E-state index in [0.29, 0.717) is 11.1 Å². The Balaban J connectivity index is 1.52. The lowest BCUT2D eigenvalue weighted by Crippen LogP contribution is -2.38. The molecule has 0 radical (unpaired) electrons. The van der Waals surface area contributed by atoms with E-state index in [1.54, 1.807) is 0 Å². The molecule has 4 rings (SSSR count). The van der Waals surface area contributed by atoms with E-state index >= 15 is 0 Å². The first-order chi connectivity index (χ1) is 13.3. The van der Waals surface area contributed by atoms with Gasteiger partial charge in [0.25, 0.3) is 5.22 Å². The molecular weight excluding hydrogens is 358 g/mol. The standard InChI is InChI=1S/C21H27N3O2S/c25-20(24-14-8-3-9-15-24)18(16-10-4-1-5-11-16)27-21-23-22-19(26-21)17-12-6-2-7-13-17/h1,4-5,10-11,17-18H,2-3,6-9,12-15H2/t18-/m0/s1. The van der Waals surface area contributed by atoms with Crippen molar-refractivity contribution in [3.05, 3.63) is 41.8 Å². The van der Waals surface area contributed by atoms with Gasteiger partial charge in [0.05, 0.1) is 0 Å². The Morgan fingerprint density at radius 3 is 2.44 bits per heavy atom. The average molecular weight is 386 g/mol. The predicted molar refractivity (Wildman–Crippen MR) is 106 cm³/mol. The van der Waals surface area contributed by atoms with E-state index < -0.39 is 0 Å². The van der Waals surface area contributed by atoms with Gasteiger partial charge in [-0.1, -0.05) is 49.6 Å². The van der Waals surface area contributed by atoms with Gasteiger partial charge in [-0.05, 0) is 49.4 Å². The number of carbonyl (C=O) groups is 1. The second kappa shape index (κ2) is 8.91. The second-order valence-electron chi connectivity index (χ2n) is 7.54. The van der Waals surface area contributed by atoms with Crippen LogP contribution in [0.1, 0.15) is 74.0 Å². The average Bonchev–Trinajstić information content (AvgIpc) is 3.22. The van der Waals surface area contributed by atoms with Gasteiger partial charge in [0.15, 0.2) is 0 Å². The zero-order valence-corrected chi connectivity index (χ0v) is 16.5. The number of piperidine rings is 1. The lowest BCUT2D eigenvalue weighted by Gasteiger charge is -2.29. The van der Waals surface area contributed by atoms with E-state index in [-0.39, 0.29) is 11.2 Å². The Hall–Kier alpha value is -1.82. The SMILES string of the molecule is O=C([C@@H](Sc1nnc(C2CCCCC2)o1)c1ccccc1)N1CCCCC1. The third-order valence-corrected chi connectivity index (χ3v) is 6.67. The predicted octanol–water partition coefficient (Wildman–Crippen LogP) is 4.96. The van der Waals surface area contributed by atoms with Gasteiger partial charge in [0.2, 0.25) is 11.8 Å². The van der Waals surface area contributed by atoms with Crippen molar-refractivity contribution in [2.45, 2.75) is 67.8 Å². The number of thioether (sulfide) groups is 1. The van der Waals surface area contributed by atoms with E-state index in [1.165, 1.54) is 37.4 Å². The van der Waals surface area contributed by atoms with Crippen LogP contribution in [0.3, 0.4) is 0 Å². The normalized spacial score (nSPS) is 19.8. The highest BCUT2D eigenvalue weighted by atomic mass is 32.2. The highest BCUT2D eigenvalue weighted by molar-refractivity contribution is 8.00. The summed E-state index contributed by atoms with van der Waals surface area (Å²) in [6, 6.07) is 9.96. The fraction of sp³-hybridized carbons (Fsp3) is 0.571. The van der Waals surface area contributed by atoms with Crippen molar-refractivity contribution in [1.82, 2.24) is 15.1 Å². The van der Waals surface area contributed by atoms with Crippen LogP contribution in [0.5, 0.6) is 0 Å². The molecule has 0 bridgehead atoms. The fourth-order valence-electron chi connectivity index (χ4n) is 4.05. The third kappa shape index (κ3) is 4.54. The van der Waals surface area contributed by atoms with Crippen molar-refractivity contribution in [1.29, 1.82) is 0 Å². The quantitative estimate of drug-likeness (QED) is 0.681. The molecule has 1 aliphatic carbocycles. The number of likely N-dealkylation sites (tertiary alicyclic amines) is 1. The molecule has 2 heterocycles. The molecule has 0 N–H and O–H groups in total. The van der Waals surface area contributed by atoms with Gasteiger partial charge in [0.1, 0.15) is 5.25 Å². The Morgan fingerprint density at radius 1 is 1.00 bits per heavy atom. The number of hydrogen-bond donors (Lipinski definition) is 0. The molecule has 27 heavy (non-hydrogen) atoms. The third-order valence-electron chi connectivity index (χ3n) is 5.59. The summed E-state index contributed by atoms with van der Waals surface area (Å²) in [5, 5.41) is 8.74. The summed E-state index contributed by atoms with van der Waals surface area (Å²) in [5.41, 5.74) is 0.996. The maximum Gasteiger partial charge on any atom is 0.277 e. The molecule has 1 atom stereocenters. The molecule has 5 nitrogen and oxygen atoms in total. The summed E-state index contributed by atoms with van der Waals surface area (Å²) >= 11 is 1.40. The second-order valence-corrected chi connectivity index (χ2v) is 8.59. The van der Waals surface area contributed by atoms with E-state index in [1.807, 2.05) is 35.2 Å². The van der Waals surface area contributed by atoms with Crippen molar-refractivity contribution in [3.8, 4) is 0 Å². The molecule has 6 heteroatoms. The van der Waals surface area contributed by atoms with Crippen LogP contribution in [0.15, 0.2) is 40.0 Å². The smallest absolute Gasteiger partial charge is 0.277 e. The molecular formula is C21H27N3O2S. The minimum Gasteiger partial charge on any atom is -0.416 e. The van der Waals surface area contributed by atoms with E-state index in [0.717, 1.165) is 50.2 Å². The molecule has 2 aliphatic rings. The van der Waals surface area contributed by atoms with Gasteiger partial charge in [-0.15, -0.1) is 10.2 Å². The lowest BCUT2D eigenvalue weighted by molar-refractivity contribution is -0.131. The summed E-state index contributed by atoms with van der Waals surface area (Å²) in [4.78, 5) is 15.2. The van der Waals surface area contributed by atoms with Crippen molar-refractivity contribution in [2.75, 3.05) is 13.1 Å². The van der Waals surface area contributed by atoms with Crippen LogP contribution in [0, 0.1) is 0 Å². The van der Waals surface area contributed by atoms with Gasteiger partial charge in [-0.2, -0.15) is 0 Å². The number of amides is 1. The van der Waals surface area contributed by atoms with Crippen molar-refractivity contribution >= 4 is 17.7 Å². The molecule has 0 unspecified atom stereocenters. The van der Waals surface area contributed by atoms with Crippen LogP contribution in [0.4, 0.5) is 0 Å². The summed E-state index contributed by atoms with van der Waals surface area (Å²) in [5.74, 6) is 1.28. The Kier molecular flexibility index (Phi) is 6.12. The van der Waals surface area contributed by atoms with Gasteiger partial charge in [-0.3, -0.25) is 4.79 Å². The van der Waals surface area contributed by atoms with E-state index in [2.05, 4.69) is 10.2 Å². The zero-order chi connectivity index (χ0) is 18.5. The number of aromatic nitrogens is 2. The number of carbonyl (C=O) groups excluding carboxylic acids is 1. The van der Waals surface area contributed by atoms with Gasteiger partial charge >= 0.3 is 0 Å². The van der Waals surface area contributed by atoms with Crippen LogP contribution < -0.4 is 0 Å². The number of hydrogen-bond acceptors (Lipinski definition) is 5. The molecule has 1 aromatic heterocycles. The summed E-state index contributed by atoms with van der Waals surface area (Å²) in [6.45, 7) is 1.69. The fourth-order valence-corrected chi connectivity index (χ4v) is 5.02. The number of nitrogens with zero attached hydrogens (tertiary/aromatic N) is 3. The first-order valence-electron chi connectivity index (χ1n) is 10.1. The summed E-state index contributed by atoms with van der Waals surface area (Å²) in [7, 11) is 0. The Morgan fingerprint density at radius 2 is 1.70 bits per heavy atom. The molecule has 2 fully saturated rings. The maximum absolute atomic E-state index is 13.2. The van der Waals surface area contributed by atoms with Crippen LogP contribution in [-0.2, 0) is 4.79 Å². The summed E-state index contributed by atoms with van der Waals surface area (Å²) < 4.78 is 5.98. The Labute approximate surface area is 164 Å². The van der Waals surface area contributed by atoms with Crippen LogP contribution >= 0.6 is 11.8 Å². The molecule has 0 spiro atoms. The highest BCUT2D eigenvalue weighted by Gasteiger charge is 2.30. The van der Waals surface area contributed by atoms with Gasteiger partial charge < -0.3 is 9.32 Å². The molecule has 144 valence electrons. The molecule has 1 aromatic carbocycles. The lowest BCUT2D eigenvalue weighted by atomic mass is 9.89. The largest absolute Gasteiger partial charge is 0.416 e. The number of rotatable bonds is 5. The van der Waals surface area contributed by atoms with Crippen LogP contribution in [-0.4, -0.2) is 34.1 Å². The molecule has 1 aliphatic heterocycles. The molecule has 2 aromatic rings. The van der Waals surface area contributed by atoms with Crippen LogP contribution in [0.25, 0.3) is 0 Å². The minimum absolute atomic E-state index is 0.156. The first kappa shape index (κ1) is 18.5. The number of benzene rings is 1. The maximum atomic E-state index is 13.2.